The second-order valence-corrected chi connectivity index (χ2v) is 6.95. The minimum absolute atomic E-state index is 0.0638. The Labute approximate surface area is 145 Å². The fourth-order valence-electron chi connectivity index (χ4n) is 3.88. The molecule has 0 amide bonds. The first-order chi connectivity index (χ1) is 11.6. The lowest BCUT2D eigenvalue weighted by Gasteiger charge is -2.41. The normalized spacial score (nSPS) is 22.9. The minimum atomic E-state index is -0.0638. The number of hydrogen-bond donors (Lipinski definition) is 0. The zero-order valence-electron chi connectivity index (χ0n) is 15.0. The summed E-state index contributed by atoms with van der Waals surface area (Å²) in [4.78, 5) is 4.69. The molecule has 1 aliphatic rings. The van der Waals surface area contributed by atoms with Gasteiger partial charge in [-0.1, -0.05) is 0 Å². The molecule has 1 unspecified atom stereocenters. The summed E-state index contributed by atoms with van der Waals surface area (Å²) in [6.45, 7) is 2.81. The van der Waals surface area contributed by atoms with Gasteiger partial charge in [0.1, 0.15) is 0 Å². The van der Waals surface area contributed by atoms with Gasteiger partial charge in [-0.05, 0) is 51.9 Å². The van der Waals surface area contributed by atoms with Crippen molar-refractivity contribution in [1.82, 2.24) is 19.6 Å². The maximum absolute atomic E-state index is 9.28. The molecule has 130 valence electrons. The third-order valence-electron chi connectivity index (χ3n) is 5.03. The highest BCUT2D eigenvalue weighted by Gasteiger charge is 2.33. The Balaban J connectivity index is 2.02. The first kappa shape index (κ1) is 18.4. The van der Waals surface area contributed by atoms with E-state index in [2.05, 4.69) is 47.2 Å². The molecule has 6 heteroatoms. The minimum Gasteiger partial charge on any atom is -0.305 e. The largest absolute Gasteiger partial charge is 0.305 e. The van der Waals surface area contributed by atoms with Gasteiger partial charge in [-0.2, -0.15) is 15.6 Å². The molecule has 0 saturated carbocycles. The molecule has 6 nitrogen and oxygen atoms in total. The summed E-state index contributed by atoms with van der Waals surface area (Å²) < 4.78 is 1.98. The van der Waals surface area contributed by atoms with Crippen LogP contribution in [0, 0.1) is 34.5 Å². The van der Waals surface area contributed by atoms with Crippen LogP contribution in [0.3, 0.4) is 0 Å². The molecule has 1 aromatic heterocycles. The van der Waals surface area contributed by atoms with E-state index in [0.29, 0.717) is 24.8 Å². The number of rotatable bonds is 7. The Morgan fingerprint density at radius 2 is 2.21 bits per heavy atom. The number of hydrogen-bond acceptors (Lipinski definition) is 5. The fourth-order valence-corrected chi connectivity index (χ4v) is 3.88. The van der Waals surface area contributed by atoms with E-state index in [-0.39, 0.29) is 5.92 Å². The number of nitriles is 2. The maximum Gasteiger partial charge on any atom is 0.0669 e. The molecule has 3 atom stereocenters. The lowest BCUT2D eigenvalue weighted by Crippen LogP contribution is -2.42. The van der Waals surface area contributed by atoms with E-state index in [0.717, 1.165) is 19.6 Å². The Morgan fingerprint density at radius 1 is 1.42 bits per heavy atom. The van der Waals surface area contributed by atoms with Crippen molar-refractivity contribution in [1.29, 1.82) is 10.5 Å². The zero-order chi connectivity index (χ0) is 17.5. The molecule has 0 radical (unpaired) electrons. The zero-order valence-corrected chi connectivity index (χ0v) is 15.0. The summed E-state index contributed by atoms with van der Waals surface area (Å²) >= 11 is 0. The van der Waals surface area contributed by atoms with Crippen molar-refractivity contribution in [2.45, 2.75) is 31.7 Å². The van der Waals surface area contributed by atoms with Crippen molar-refractivity contribution >= 4 is 0 Å². The van der Waals surface area contributed by atoms with Gasteiger partial charge in [-0.3, -0.25) is 9.58 Å². The van der Waals surface area contributed by atoms with Gasteiger partial charge < -0.3 is 4.90 Å². The van der Waals surface area contributed by atoms with E-state index in [1.165, 1.54) is 18.5 Å². The average molecular weight is 328 g/mol. The molecule has 0 aromatic carbocycles. The number of aryl methyl sites for hydroxylation is 1. The van der Waals surface area contributed by atoms with Gasteiger partial charge in [0.15, 0.2) is 0 Å². The lowest BCUT2D eigenvalue weighted by molar-refractivity contribution is 0.0865. The molecule has 2 rings (SSSR count). The summed E-state index contributed by atoms with van der Waals surface area (Å²) in [6, 6.07) is 6.97. The van der Waals surface area contributed by atoms with Crippen molar-refractivity contribution < 1.29 is 0 Å². The fraction of sp³-hybridized carbons (Fsp3) is 0.722. The third kappa shape index (κ3) is 4.56. The van der Waals surface area contributed by atoms with Crippen molar-refractivity contribution in [3.05, 3.63) is 18.0 Å². The van der Waals surface area contributed by atoms with Crippen LogP contribution in [0.25, 0.3) is 0 Å². The van der Waals surface area contributed by atoms with Crippen molar-refractivity contribution in [2.75, 3.05) is 33.7 Å². The van der Waals surface area contributed by atoms with Crippen LogP contribution in [-0.2, 0) is 7.05 Å². The van der Waals surface area contributed by atoms with Crippen LogP contribution in [0.4, 0.5) is 0 Å². The van der Waals surface area contributed by atoms with E-state index in [1.807, 2.05) is 17.9 Å². The highest BCUT2D eigenvalue weighted by Crippen LogP contribution is 2.35. The highest BCUT2D eigenvalue weighted by molar-refractivity contribution is 5.10. The van der Waals surface area contributed by atoms with Crippen molar-refractivity contribution in [3.63, 3.8) is 0 Å². The van der Waals surface area contributed by atoms with Gasteiger partial charge in [0.25, 0.3) is 0 Å². The molecule has 0 aliphatic carbocycles. The highest BCUT2D eigenvalue weighted by atomic mass is 15.3. The smallest absolute Gasteiger partial charge is 0.0669 e. The van der Waals surface area contributed by atoms with Crippen LogP contribution in [-0.4, -0.2) is 53.3 Å². The number of likely N-dealkylation sites (tertiary alicyclic amines) is 1. The molecular weight excluding hydrogens is 300 g/mol. The molecule has 2 heterocycles. The van der Waals surface area contributed by atoms with Gasteiger partial charge in [0.2, 0.25) is 0 Å². The predicted molar refractivity (Wildman–Crippen MR) is 92.8 cm³/mol. The maximum atomic E-state index is 9.28. The number of aromatic nitrogens is 2. The van der Waals surface area contributed by atoms with Gasteiger partial charge >= 0.3 is 0 Å². The molecule has 1 aromatic rings. The van der Waals surface area contributed by atoms with Crippen LogP contribution in [0.2, 0.25) is 0 Å². The summed E-state index contributed by atoms with van der Waals surface area (Å²) in [5.74, 6) is 0.464. The Hall–Kier alpha value is -1.89. The number of piperidine rings is 1. The van der Waals surface area contributed by atoms with E-state index in [9.17, 15) is 5.26 Å². The van der Waals surface area contributed by atoms with E-state index < -0.39 is 0 Å². The first-order valence-corrected chi connectivity index (χ1v) is 8.70. The molecule has 0 N–H and O–H groups in total. The second kappa shape index (κ2) is 8.82. The predicted octanol–water partition coefficient (Wildman–Crippen LogP) is 2.18. The second-order valence-electron chi connectivity index (χ2n) is 6.95. The molecule has 1 fully saturated rings. The topological polar surface area (TPSA) is 71.9 Å². The molecule has 24 heavy (non-hydrogen) atoms. The van der Waals surface area contributed by atoms with Crippen LogP contribution < -0.4 is 0 Å². The first-order valence-electron chi connectivity index (χ1n) is 8.70. The van der Waals surface area contributed by atoms with Gasteiger partial charge in [0, 0.05) is 32.8 Å². The average Bonchev–Trinajstić information content (AvgIpc) is 2.97. The molecule has 0 bridgehead atoms. The van der Waals surface area contributed by atoms with Gasteiger partial charge in [-0.25, -0.2) is 0 Å². The van der Waals surface area contributed by atoms with Gasteiger partial charge in [-0.15, -0.1) is 0 Å². The van der Waals surface area contributed by atoms with E-state index in [1.54, 1.807) is 0 Å². The standard InChI is InChI=1S/C18H28N6/c1-22(13-15(12-20)6-4-9-19)14-16-7-5-11-23(2)18(16)17-8-10-21-24(17)3/h8,10,15-16,18H,4-7,11,13-14H2,1-3H3/t15?,16-,18+/m0/s1. The Kier molecular flexibility index (Phi) is 6.78. The van der Waals surface area contributed by atoms with Crippen LogP contribution in [0.15, 0.2) is 12.3 Å². The van der Waals surface area contributed by atoms with E-state index in [4.69, 9.17) is 5.26 Å². The Bertz CT molecular complexity index is 595. The van der Waals surface area contributed by atoms with Crippen LogP contribution in [0.5, 0.6) is 0 Å². The van der Waals surface area contributed by atoms with Gasteiger partial charge in [0.05, 0.1) is 29.8 Å². The SMILES string of the molecule is CN(CC(C#N)CCC#N)C[C@@H]1CCCN(C)[C@H]1c1ccnn1C. The summed E-state index contributed by atoms with van der Waals surface area (Å²) in [6.07, 6.45) is 5.38. The monoisotopic (exact) mass is 328 g/mol. The van der Waals surface area contributed by atoms with Crippen molar-refractivity contribution in [2.24, 2.45) is 18.9 Å². The quantitative estimate of drug-likeness (QED) is 0.767. The Morgan fingerprint density at radius 3 is 2.83 bits per heavy atom. The molecule has 0 spiro atoms. The molecule has 1 aliphatic heterocycles. The summed E-state index contributed by atoms with van der Waals surface area (Å²) in [7, 11) is 6.28. The van der Waals surface area contributed by atoms with Crippen molar-refractivity contribution in [3.8, 4) is 12.1 Å². The summed E-state index contributed by atoms with van der Waals surface area (Å²) in [5.41, 5.74) is 1.26. The van der Waals surface area contributed by atoms with Crippen LogP contribution in [0.1, 0.15) is 37.4 Å². The molecule has 1 saturated heterocycles. The van der Waals surface area contributed by atoms with Crippen LogP contribution >= 0.6 is 0 Å². The molecular formula is C18H28N6. The van der Waals surface area contributed by atoms with E-state index >= 15 is 0 Å². The lowest BCUT2D eigenvalue weighted by atomic mass is 9.86. The number of nitrogens with zero attached hydrogens (tertiary/aromatic N) is 6. The third-order valence-corrected chi connectivity index (χ3v) is 5.03. The summed E-state index contributed by atoms with van der Waals surface area (Å²) in [5, 5.41) is 22.3.